The number of ether oxygens (including phenoxy) is 1. The number of amides is 1. The van der Waals surface area contributed by atoms with Crippen LogP contribution >= 0.6 is 0 Å². The molecule has 20 heavy (non-hydrogen) atoms. The summed E-state index contributed by atoms with van der Waals surface area (Å²) in [6.45, 7) is 5.71. The molecule has 2 rings (SSSR count). The van der Waals surface area contributed by atoms with Gasteiger partial charge < -0.3 is 14.9 Å². The average Bonchev–Trinajstić information content (AvgIpc) is 2.67. The summed E-state index contributed by atoms with van der Waals surface area (Å²) in [5, 5.41) is 18.7. The molecule has 1 aromatic carbocycles. The topological polar surface area (TPSA) is 87.1 Å². The molecule has 0 bridgehead atoms. The van der Waals surface area contributed by atoms with Crippen LogP contribution in [-0.2, 0) is 11.2 Å². The molecule has 1 aliphatic rings. The number of carboxylic acids is 1. The predicted octanol–water partition coefficient (Wildman–Crippen LogP) is 2.39. The minimum absolute atomic E-state index is 0.223. The van der Waals surface area contributed by atoms with Crippen molar-refractivity contribution in [1.82, 2.24) is 0 Å². The van der Waals surface area contributed by atoms with E-state index in [-0.39, 0.29) is 11.3 Å². The largest absolute Gasteiger partial charge is 0.507 e. The standard InChI is InChI=1S/C14H17NO5/c1-14(2,3)20-13(19)15-5-4-8-6-11(16)9(12(17)18)7-10(8)15/h6-7,16H,4-5H2,1-3H3,(H,17,18). The Hall–Kier alpha value is -2.24. The number of nitrogens with zero attached hydrogens (tertiary/aromatic N) is 1. The second kappa shape index (κ2) is 4.70. The zero-order valence-corrected chi connectivity index (χ0v) is 11.6. The van der Waals surface area contributed by atoms with Crippen LogP contribution in [0.1, 0.15) is 36.7 Å². The van der Waals surface area contributed by atoms with Gasteiger partial charge in [-0.05, 0) is 44.9 Å². The van der Waals surface area contributed by atoms with Crippen molar-refractivity contribution in [3.8, 4) is 5.75 Å². The summed E-state index contributed by atoms with van der Waals surface area (Å²) in [6, 6.07) is 2.70. The van der Waals surface area contributed by atoms with Gasteiger partial charge in [0.25, 0.3) is 0 Å². The molecule has 0 atom stereocenters. The highest BCUT2D eigenvalue weighted by atomic mass is 16.6. The molecule has 6 nitrogen and oxygen atoms in total. The van der Waals surface area contributed by atoms with Gasteiger partial charge in [0.15, 0.2) is 0 Å². The number of carboxylic acid groups (broad SMARTS) is 1. The maximum Gasteiger partial charge on any atom is 0.414 e. The first-order chi connectivity index (χ1) is 9.19. The number of hydrogen-bond donors (Lipinski definition) is 2. The van der Waals surface area contributed by atoms with E-state index >= 15 is 0 Å². The maximum absolute atomic E-state index is 12.1. The first-order valence-corrected chi connectivity index (χ1v) is 6.29. The molecule has 0 spiro atoms. The number of rotatable bonds is 1. The minimum Gasteiger partial charge on any atom is -0.507 e. The number of fused-ring (bicyclic) bond motifs is 1. The van der Waals surface area contributed by atoms with E-state index in [9.17, 15) is 14.7 Å². The van der Waals surface area contributed by atoms with Crippen molar-refractivity contribution >= 4 is 17.7 Å². The van der Waals surface area contributed by atoms with Gasteiger partial charge in [-0.25, -0.2) is 9.59 Å². The van der Waals surface area contributed by atoms with Crippen LogP contribution in [0.3, 0.4) is 0 Å². The van der Waals surface area contributed by atoms with Crippen molar-refractivity contribution in [3.05, 3.63) is 23.3 Å². The molecule has 2 N–H and O–H groups in total. The lowest BCUT2D eigenvalue weighted by molar-refractivity contribution is 0.0582. The van der Waals surface area contributed by atoms with Gasteiger partial charge in [-0.3, -0.25) is 4.90 Å². The molecule has 0 unspecified atom stereocenters. The van der Waals surface area contributed by atoms with Crippen LogP contribution in [-0.4, -0.2) is 34.4 Å². The van der Waals surface area contributed by atoms with Gasteiger partial charge in [-0.2, -0.15) is 0 Å². The fourth-order valence-electron chi connectivity index (χ4n) is 2.10. The van der Waals surface area contributed by atoms with E-state index < -0.39 is 17.7 Å². The third kappa shape index (κ3) is 2.68. The summed E-state index contributed by atoms with van der Waals surface area (Å²) in [5.41, 5.74) is 0.374. The van der Waals surface area contributed by atoms with Gasteiger partial charge in [0, 0.05) is 6.54 Å². The molecule has 0 saturated carbocycles. The number of anilines is 1. The molecular weight excluding hydrogens is 262 g/mol. The zero-order chi connectivity index (χ0) is 15.1. The monoisotopic (exact) mass is 279 g/mol. The lowest BCUT2D eigenvalue weighted by atomic mass is 10.1. The number of aromatic hydroxyl groups is 1. The average molecular weight is 279 g/mol. The summed E-state index contributed by atoms with van der Waals surface area (Å²) < 4.78 is 5.29. The van der Waals surface area contributed by atoms with Crippen LogP contribution in [0.4, 0.5) is 10.5 Å². The number of aromatic carboxylic acids is 1. The van der Waals surface area contributed by atoms with E-state index in [1.165, 1.54) is 17.0 Å². The van der Waals surface area contributed by atoms with Crippen molar-refractivity contribution < 1.29 is 24.5 Å². The summed E-state index contributed by atoms with van der Waals surface area (Å²) in [5.74, 6) is -1.52. The highest BCUT2D eigenvalue weighted by Gasteiger charge is 2.30. The van der Waals surface area contributed by atoms with E-state index in [4.69, 9.17) is 9.84 Å². The Morgan fingerprint density at radius 2 is 1.95 bits per heavy atom. The molecule has 1 aromatic rings. The first-order valence-electron chi connectivity index (χ1n) is 6.29. The Bertz CT molecular complexity index is 574. The van der Waals surface area contributed by atoms with Crippen LogP contribution in [0.15, 0.2) is 12.1 Å². The van der Waals surface area contributed by atoms with Gasteiger partial charge in [-0.1, -0.05) is 0 Å². The van der Waals surface area contributed by atoms with E-state index in [0.29, 0.717) is 18.7 Å². The molecule has 0 saturated heterocycles. The highest BCUT2D eigenvalue weighted by Crippen LogP contribution is 2.34. The third-order valence-electron chi connectivity index (χ3n) is 2.94. The van der Waals surface area contributed by atoms with E-state index in [0.717, 1.165) is 5.56 Å². The lowest BCUT2D eigenvalue weighted by Gasteiger charge is -2.25. The fraction of sp³-hybridized carbons (Fsp3) is 0.429. The molecule has 108 valence electrons. The number of carbonyl (C=O) groups excluding carboxylic acids is 1. The molecule has 0 radical (unpaired) electrons. The maximum atomic E-state index is 12.1. The van der Waals surface area contributed by atoms with Crippen molar-refractivity contribution in [2.75, 3.05) is 11.4 Å². The quantitative estimate of drug-likeness (QED) is 0.824. The van der Waals surface area contributed by atoms with Crippen LogP contribution in [0, 0.1) is 0 Å². The van der Waals surface area contributed by atoms with Crippen molar-refractivity contribution in [2.45, 2.75) is 32.8 Å². The van der Waals surface area contributed by atoms with Crippen LogP contribution in [0.25, 0.3) is 0 Å². The SMILES string of the molecule is CC(C)(C)OC(=O)N1CCc2cc(O)c(C(=O)O)cc21. The summed E-state index contributed by atoms with van der Waals surface area (Å²) in [4.78, 5) is 24.5. The first kappa shape index (κ1) is 14.2. The van der Waals surface area contributed by atoms with Crippen LogP contribution < -0.4 is 4.90 Å². The summed E-state index contributed by atoms with van der Waals surface area (Å²) in [6.07, 6.45) is 0.0421. The molecule has 0 fully saturated rings. The Labute approximate surface area is 116 Å². The minimum atomic E-state index is -1.23. The molecule has 1 amide bonds. The van der Waals surface area contributed by atoms with Gasteiger partial charge in [0.2, 0.25) is 0 Å². The molecule has 1 heterocycles. The second-order valence-corrected chi connectivity index (χ2v) is 5.69. The van der Waals surface area contributed by atoms with Gasteiger partial charge in [0.1, 0.15) is 16.9 Å². The van der Waals surface area contributed by atoms with Crippen LogP contribution in [0.2, 0.25) is 0 Å². The number of hydrogen-bond acceptors (Lipinski definition) is 4. The smallest absolute Gasteiger partial charge is 0.414 e. The molecule has 1 aliphatic heterocycles. The number of phenols is 1. The van der Waals surface area contributed by atoms with Crippen molar-refractivity contribution in [3.63, 3.8) is 0 Å². The molecule has 0 aliphatic carbocycles. The van der Waals surface area contributed by atoms with Crippen LogP contribution in [0.5, 0.6) is 5.75 Å². The van der Waals surface area contributed by atoms with Crippen molar-refractivity contribution in [1.29, 1.82) is 0 Å². The molecular formula is C14H17NO5. The Kier molecular flexibility index (Phi) is 3.33. The number of carbonyl (C=O) groups is 2. The number of benzene rings is 1. The normalized spacial score (nSPS) is 14.1. The highest BCUT2D eigenvalue weighted by molar-refractivity contribution is 5.96. The summed E-state index contributed by atoms with van der Waals surface area (Å²) in [7, 11) is 0. The molecule has 6 heteroatoms. The van der Waals surface area contributed by atoms with Crippen molar-refractivity contribution in [2.24, 2.45) is 0 Å². The Morgan fingerprint density at radius 3 is 2.50 bits per heavy atom. The third-order valence-corrected chi connectivity index (χ3v) is 2.94. The fourth-order valence-corrected chi connectivity index (χ4v) is 2.10. The van der Waals surface area contributed by atoms with E-state index in [1.54, 1.807) is 20.8 Å². The zero-order valence-electron chi connectivity index (χ0n) is 11.6. The lowest BCUT2D eigenvalue weighted by Crippen LogP contribution is -2.35. The Balaban J connectivity index is 2.35. The van der Waals surface area contributed by atoms with Gasteiger partial charge in [-0.15, -0.1) is 0 Å². The molecule has 0 aromatic heterocycles. The van der Waals surface area contributed by atoms with Gasteiger partial charge >= 0.3 is 12.1 Å². The Morgan fingerprint density at radius 1 is 1.30 bits per heavy atom. The summed E-state index contributed by atoms with van der Waals surface area (Å²) >= 11 is 0. The van der Waals surface area contributed by atoms with Gasteiger partial charge in [0.05, 0.1) is 5.69 Å². The predicted molar refractivity (Wildman–Crippen MR) is 72.4 cm³/mol. The second-order valence-electron chi connectivity index (χ2n) is 5.69. The van der Waals surface area contributed by atoms with E-state index in [1.807, 2.05) is 0 Å². The van der Waals surface area contributed by atoms with E-state index in [2.05, 4.69) is 0 Å².